The molecule has 0 radical (unpaired) electrons. The van der Waals surface area contributed by atoms with Crippen LogP contribution in [0, 0.1) is 0 Å². The van der Waals surface area contributed by atoms with Gasteiger partial charge in [0.25, 0.3) is 6.43 Å². The molecule has 0 aromatic carbocycles. The van der Waals surface area contributed by atoms with Gasteiger partial charge in [-0.25, -0.2) is 8.78 Å². The summed E-state index contributed by atoms with van der Waals surface area (Å²) in [7, 11) is 0. The van der Waals surface area contributed by atoms with Gasteiger partial charge in [-0.15, -0.1) is 0 Å². The van der Waals surface area contributed by atoms with E-state index in [1.807, 2.05) is 0 Å². The summed E-state index contributed by atoms with van der Waals surface area (Å²) in [6, 6.07) is 0. The van der Waals surface area contributed by atoms with Crippen molar-refractivity contribution < 1.29 is 18.3 Å². The van der Waals surface area contributed by atoms with Crippen LogP contribution in [-0.2, 0) is 9.47 Å². The second-order valence-electron chi connectivity index (χ2n) is 1.87. The predicted octanol–water partition coefficient (Wildman–Crippen LogP) is 0.243. The molecule has 0 aliphatic heterocycles. The first-order valence-corrected chi connectivity index (χ1v) is 3.41. The maximum absolute atomic E-state index is 11.4. The number of alkyl halides is 2. The molecule has 68 valence electrons. The maximum atomic E-state index is 11.4. The van der Waals surface area contributed by atoms with Crippen molar-refractivity contribution in [2.75, 3.05) is 33.0 Å². The van der Waals surface area contributed by atoms with Crippen LogP contribution in [0.15, 0.2) is 0 Å². The van der Waals surface area contributed by atoms with Gasteiger partial charge in [0.15, 0.2) is 0 Å². The topological polar surface area (TPSA) is 44.5 Å². The van der Waals surface area contributed by atoms with E-state index >= 15 is 0 Å². The van der Waals surface area contributed by atoms with Crippen molar-refractivity contribution >= 4 is 0 Å². The van der Waals surface area contributed by atoms with Crippen LogP contribution in [0.2, 0.25) is 0 Å². The second kappa shape index (κ2) is 7.84. The number of rotatable bonds is 7. The number of nitrogens with two attached hydrogens (primary N) is 1. The molecule has 0 aromatic heterocycles. The van der Waals surface area contributed by atoms with Crippen molar-refractivity contribution in [3.8, 4) is 0 Å². The van der Waals surface area contributed by atoms with Gasteiger partial charge in [-0.1, -0.05) is 0 Å². The largest absolute Gasteiger partial charge is 0.378 e. The Balaban J connectivity index is 2.80. The minimum atomic E-state index is -2.40. The summed E-state index contributed by atoms with van der Waals surface area (Å²) in [6.45, 7) is 0.882. The Labute approximate surface area is 64.5 Å². The fraction of sp³-hybridized carbons (Fsp3) is 1.00. The quantitative estimate of drug-likeness (QED) is 0.555. The third-order valence-corrected chi connectivity index (χ3v) is 0.878. The standard InChI is InChI=1S/C6H13F2NO2/c7-6(8)5-11-4-3-10-2-1-9/h6H,1-5,9H2. The summed E-state index contributed by atoms with van der Waals surface area (Å²) >= 11 is 0. The number of hydrogen-bond donors (Lipinski definition) is 1. The lowest BCUT2D eigenvalue weighted by molar-refractivity contribution is -0.00801. The lowest BCUT2D eigenvalue weighted by atomic mass is 10.7. The molecule has 0 unspecified atom stereocenters. The van der Waals surface area contributed by atoms with Crippen molar-refractivity contribution in [1.82, 2.24) is 0 Å². The predicted molar refractivity (Wildman–Crippen MR) is 36.7 cm³/mol. The van der Waals surface area contributed by atoms with Crippen LogP contribution < -0.4 is 5.73 Å². The summed E-state index contributed by atoms with van der Waals surface area (Å²) in [4.78, 5) is 0. The van der Waals surface area contributed by atoms with Gasteiger partial charge in [-0.05, 0) is 0 Å². The number of hydrogen-bond acceptors (Lipinski definition) is 3. The first kappa shape index (κ1) is 10.7. The van der Waals surface area contributed by atoms with Gasteiger partial charge in [0, 0.05) is 6.54 Å². The third kappa shape index (κ3) is 9.74. The van der Waals surface area contributed by atoms with Gasteiger partial charge in [-0.3, -0.25) is 0 Å². The van der Waals surface area contributed by atoms with E-state index in [0.717, 1.165) is 0 Å². The zero-order valence-electron chi connectivity index (χ0n) is 6.26. The Hall–Kier alpha value is -0.260. The van der Waals surface area contributed by atoms with E-state index < -0.39 is 13.0 Å². The molecule has 2 N–H and O–H groups in total. The minimum absolute atomic E-state index is 0.199. The molecule has 0 bridgehead atoms. The molecule has 0 amide bonds. The smallest absolute Gasteiger partial charge is 0.261 e. The fourth-order valence-electron chi connectivity index (χ4n) is 0.476. The molecule has 0 aromatic rings. The highest BCUT2D eigenvalue weighted by Crippen LogP contribution is 1.91. The highest BCUT2D eigenvalue weighted by atomic mass is 19.3. The molecule has 0 spiro atoms. The van der Waals surface area contributed by atoms with Crippen molar-refractivity contribution in [2.24, 2.45) is 5.73 Å². The Bertz CT molecular complexity index is 83.0. The lowest BCUT2D eigenvalue weighted by Crippen LogP contribution is -2.13. The van der Waals surface area contributed by atoms with Gasteiger partial charge >= 0.3 is 0 Å². The molecule has 0 saturated carbocycles. The average Bonchev–Trinajstić information content (AvgIpc) is 1.96. The monoisotopic (exact) mass is 169 g/mol. The molecule has 0 saturated heterocycles. The van der Waals surface area contributed by atoms with E-state index in [4.69, 9.17) is 10.5 Å². The van der Waals surface area contributed by atoms with Crippen LogP contribution >= 0.6 is 0 Å². The zero-order chi connectivity index (χ0) is 8.53. The normalized spacial score (nSPS) is 10.9. The van der Waals surface area contributed by atoms with Gasteiger partial charge in [-0.2, -0.15) is 0 Å². The summed E-state index contributed by atoms with van der Waals surface area (Å²) in [5, 5.41) is 0. The molecule has 11 heavy (non-hydrogen) atoms. The molecule has 0 fully saturated rings. The molecule has 0 atom stereocenters. The van der Waals surface area contributed by atoms with Gasteiger partial charge in [0.2, 0.25) is 0 Å². The first-order chi connectivity index (χ1) is 5.27. The first-order valence-electron chi connectivity index (χ1n) is 3.41. The van der Waals surface area contributed by atoms with Crippen molar-refractivity contribution in [3.05, 3.63) is 0 Å². The Morgan fingerprint density at radius 1 is 1.09 bits per heavy atom. The van der Waals surface area contributed by atoms with Crippen LogP contribution in [0.5, 0.6) is 0 Å². The minimum Gasteiger partial charge on any atom is -0.378 e. The van der Waals surface area contributed by atoms with Gasteiger partial charge < -0.3 is 15.2 Å². The van der Waals surface area contributed by atoms with Crippen LogP contribution in [0.1, 0.15) is 0 Å². The summed E-state index contributed by atoms with van der Waals surface area (Å²) in [6.07, 6.45) is -2.40. The van der Waals surface area contributed by atoms with Crippen molar-refractivity contribution in [2.45, 2.75) is 6.43 Å². The van der Waals surface area contributed by atoms with E-state index in [1.54, 1.807) is 0 Å². The Morgan fingerprint density at radius 2 is 1.73 bits per heavy atom. The molecular formula is C6H13F2NO2. The number of ether oxygens (including phenoxy) is 2. The van der Waals surface area contributed by atoms with E-state index in [9.17, 15) is 8.78 Å². The van der Waals surface area contributed by atoms with Crippen molar-refractivity contribution in [1.29, 1.82) is 0 Å². The Kier molecular flexibility index (Phi) is 7.66. The van der Waals surface area contributed by atoms with Gasteiger partial charge in [0.05, 0.1) is 19.8 Å². The van der Waals surface area contributed by atoms with E-state index in [1.165, 1.54) is 0 Å². The molecule has 3 nitrogen and oxygen atoms in total. The van der Waals surface area contributed by atoms with Crippen LogP contribution in [0.4, 0.5) is 8.78 Å². The molecular weight excluding hydrogens is 156 g/mol. The number of halogens is 2. The van der Waals surface area contributed by atoms with Crippen LogP contribution in [-0.4, -0.2) is 39.4 Å². The second-order valence-corrected chi connectivity index (χ2v) is 1.87. The van der Waals surface area contributed by atoms with E-state index in [2.05, 4.69) is 4.74 Å². The molecule has 0 aliphatic rings. The average molecular weight is 169 g/mol. The Morgan fingerprint density at radius 3 is 2.27 bits per heavy atom. The van der Waals surface area contributed by atoms with E-state index in [0.29, 0.717) is 19.8 Å². The van der Waals surface area contributed by atoms with E-state index in [-0.39, 0.29) is 6.61 Å². The maximum Gasteiger partial charge on any atom is 0.261 e. The lowest BCUT2D eigenvalue weighted by Gasteiger charge is -2.03. The highest BCUT2D eigenvalue weighted by Gasteiger charge is 2.00. The molecule has 5 heteroatoms. The third-order valence-electron chi connectivity index (χ3n) is 0.878. The van der Waals surface area contributed by atoms with Crippen LogP contribution in [0.3, 0.4) is 0 Å². The van der Waals surface area contributed by atoms with Crippen LogP contribution in [0.25, 0.3) is 0 Å². The van der Waals surface area contributed by atoms with Crippen molar-refractivity contribution in [3.63, 3.8) is 0 Å². The molecule has 0 aliphatic carbocycles. The van der Waals surface area contributed by atoms with Gasteiger partial charge in [0.1, 0.15) is 6.61 Å². The summed E-state index contributed by atoms with van der Waals surface area (Å²) in [5.41, 5.74) is 5.11. The summed E-state index contributed by atoms with van der Waals surface area (Å²) in [5.74, 6) is 0. The SMILES string of the molecule is NCCOCCOCC(F)F. The molecule has 0 rings (SSSR count). The zero-order valence-corrected chi connectivity index (χ0v) is 6.26. The summed E-state index contributed by atoms with van der Waals surface area (Å²) < 4.78 is 32.2. The fourth-order valence-corrected chi connectivity index (χ4v) is 0.476. The molecule has 0 heterocycles. The highest BCUT2D eigenvalue weighted by molar-refractivity contribution is 4.35.